The molecule has 102 valence electrons. The van der Waals surface area contributed by atoms with Crippen molar-refractivity contribution in [2.24, 2.45) is 0 Å². The van der Waals surface area contributed by atoms with Crippen LogP contribution in [0.15, 0.2) is 36.8 Å². The Bertz CT molecular complexity index is 645. The van der Waals surface area contributed by atoms with E-state index in [1.165, 1.54) is 24.5 Å². The van der Waals surface area contributed by atoms with Gasteiger partial charge < -0.3 is 11.1 Å². The largest absolute Gasteiger partial charge is 0.393 e. The maximum Gasteiger partial charge on any atom is 0.292 e. The average molecular weight is 273 g/mol. The van der Waals surface area contributed by atoms with Crippen molar-refractivity contribution in [1.29, 1.82) is 0 Å². The highest BCUT2D eigenvalue weighted by atomic mass is 16.6. The van der Waals surface area contributed by atoms with Crippen LogP contribution < -0.4 is 11.1 Å². The van der Waals surface area contributed by atoms with E-state index >= 15 is 0 Å². The number of nitrogens with zero attached hydrogens (tertiary/aromatic N) is 3. The monoisotopic (exact) mass is 273 g/mol. The number of hydrogen-bond acceptors (Lipinski definition) is 6. The number of hydrogen-bond donors (Lipinski definition) is 2. The summed E-state index contributed by atoms with van der Waals surface area (Å²) in [6.07, 6.45) is 2.95. The SMILES string of the molecule is Nc1cc(C(=O)NCc2ccncn2)ccc1[N+](=O)[O-]. The first-order valence-corrected chi connectivity index (χ1v) is 5.65. The van der Waals surface area contributed by atoms with Gasteiger partial charge in [0.1, 0.15) is 12.0 Å². The van der Waals surface area contributed by atoms with Crippen LogP contribution in [0.1, 0.15) is 16.1 Å². The molecular formula is C12H11N5O3. The molecule has 0 aliphatic rings. The third-order valence-electron chi connectivity index (χ3n) is 2.56. The van der Waals surface area contributed by atoms with Crippen LogP contribution >= 0.6 is 0 Å². The minimum absolute atomic E-state index is 0.0512. The van der Waals surface area contributed by atoms with Crippen molar-refractivity contribution >= 4 is 17.3 Å². The Labute approximate surface area is 113 Å². The highest BCUT2D eigenvalue weighted by Crippen LogP contribution is 2.21. The number of amides is 1. The van der Waals surface area contributed by atoms with Crippen LogP contribution in [0.2, 0.25) is 0 Å². The van der Waals surface area contributed by atoms with Gasteiger partial charge in [0.15, 0.2) is 0 Å². The summed E-state index contributed by atoms with van der Waals surface area (Å²) in [7, 11) is 0. The third kappa shape index (κ3) is 3.05. The minimum atomic E-state index is -0.599. The zero-order chi connectivity index (χ0) is 14.5. The number of nitrogen functional groups attached to an aromatic ring is 1. The lowest BCUT2D eigenvalue weighted by Crippen LogP contribution is -2.23. The molecule has 2 rings (SSSR count). The maximum atomic E-state index is 11.9. The molecule has 20 heavy (non-hydrogen) atoms. The Balaban J connectivity index is 2.06. The zero-order valence-corrected chi connectivity index (χ0v) is 10.3. The van der Waals surface area contributed by atoms with Crippen LogP contribution in [0.4, 0.5) is 11.4 Å². The predicted octanol–water partition coefficient (Wildman–Crippen LogP) is 0.897. The normalized spacial score (nSPS) is 10.0. The number of nitrogens with one attached hydrogen (secondary N) is 1. The number of nitro benzene ring substituents is 1. The summed E-state index contributed by atoms with van der Waals surface area (Å²) in [5.41, 5.74) is 6.16. The van der Waals surface area contributed by atoms with Crippen molar-refractivity contribution in [3.8, 4) is 0 Å². The van der Waals surface area contributed by atoms with E-state index in [0.717, 1.165) is 0 Å². The summed E-state index contributed by atoms with van der Waals surface area (Å²) >= 11 is 0. The highest BCUT2D eigenvalue weighted by Gasteiger charge is 2.14. The van der Waals surface area contributed by atoms with Gasteiger partial charge in [0.05, 0.1) is 17.2 Å². The van der Waals surface area contributed by atoms with E-state index in [-0.39, 0.29) is 29.4 Å². The Morgan fingerprint density at radius 1 is 1.40 bits per heavy atom. The summed E-state index contributed by atoms with van der Waals surface area (Å²) < 4.78 is 0. The van der Waals surface area contributed by atoms with Crippen molar-refractivity contribution in [1.82, 2.24) is 15.3 Å². The number of aromatic nitrogens is 2. The average Bonchev–Trinajstić information content (AvgIpc) is 2.45. The van der Waals surface area contributed by atoms with E-state index in [4.69, 9.17) is 5.73 Å². The van der Waals surface area contributed by atoms with Crippen LogP contribution in [0.5, 0.6) is 0 Å². The van der Waals surface area contributed by atoms with Crippen LogP contribution in [0.25, 0.3) is 0 Å². The van der Waals surface area contributed by atoms with Crippen molar-refractivity contribution in [2.45, 2.75) is 6.54 Å². The van der Waals surface area contributed by atoms with Gasteiger partial charge in [-0.2, -0.15) is 0 Å². The fourth-order valence-corrected chi connectivity index (χ4v) is 1.56. The fourth-order valence-electron chi connectivity index (χ4n) is 1.56. The molecule has 1 aromatic heterocycles. The Morgan fingerprint density at radius 2 is 2.20 bits per heavy atom. The maximum absolute atomic E-state index is 11.9. The summed E-state index contributed by atoms with van der Waals surface area (Å²) in [5.74, 6) is -0.384. The minimum Gasteiger partial charge on any atom is -0.393 e. The second-order valence-corrected chi connectivity index (χ2v) is 3.91. The zero-order valence-electron chi connectivity index (χ0n) is 10.3. The van der Waals surface area contributed by atoms with Gasteiger partial charge in [-0.1, -0.05) is 0 Å². The summed E-state index contributed by atoms with van der Waals surface area (Å²) in [5, 5.41) is 13.3. The molecule has 2 aromatic rings. The van der Waals surface area contributed by atoms with Gasteiger partial charge in [-0.15, -0.1) is 0 Å². The number of carbonyl (C=O) groups excluding carboxylic acids is 1. The molecule has 1 aromatic carbocycles. The van der Waals surface area contributed by atoms with E-state index in [2.05, 4.69) is 15.3 Å². The Kier molecular flexibility index (Phi) is 3.85. The van der Waals surface area contributed by atoms with Gasteiger partial charge in [0, 0.05) is 17.8 Å². The molecule has 0 aliphatic carbocycles. The molecule has 0 atom stereocenters. The third-order valence-corrected chi connectivity index (χ3v) is 2.56. The lowest BCUT2D eigenvalue weighted by atomic mass is 10.1. The topological polar surface area (TPSA) is 124 Å². The van der Waals surface area contributed by atoms with Crippen molar-refractivity contribution in [3.63, 3.8) is 0 Å². The van der Waals surface area contributed by atoms with Gasteiger partial charge >= 0.3 is 0 Å². The van der Waals surface area contributed by atoms with Crippen LogP contribution in [0.3, 0.4) is 0 Å². The molecule has 3 N–H and O–H groups in total. The smallest absolute Gasteiger partial charge is 0.292 e. The number of anilines is 1. The summed E-state index contributed by atoms with van der Waals surface area (Å²) in [6.45, 7) is 0.234. The molecule has 1 amide bonds. The molecular weight excluding hydrogens is 262 g/mol. The standard InChI is InChI=1S/C12H11N5O3/c13-10-5-8(1-2-11(10)17(19)20)12(18)15-6-9-3-4-14-7-16-9/h1-5,7H,6,13H2,(H,15,18). The van der Waals surface area contributed by atoms with Crippen molar-refractivity contribution in [2.75, 3.05) is 5.73 Å². The van der Waals surface area contributed by atoms with E-state index in [0.29, 0.717) is 5.69 Å². The summed E-state index contributed by atoms with van der Waals surface area (Å²) in [6, 6.07) is 5.50. The molecule has 0 saturated carbocycles. The molecule has 0 saturated heterocycles. The number of nitrogens with two attached hydrogens (primary N) is 1. The fraction of sp³-hybridized carbons (Fsp3) is 0.0833. The van der Waals surface area contributed by atoms with Gasteiger partial charge in [-0.05, 0) is 18.2 Å². The second kappa shape index (κ2) is 5.74. The van der Waals surface area contributed by atoms with E-state index in [1.807, 2.05) is 0 Å². The summed E-state index contributed by atoms with van der Waals surface area (Å²) in [4.78, 5) is 29.6. The lowest BCUT2D eigenvalue weighted by molar-refractivity contribution is -0.383. The van der Waals surface area contributed by atoms with E-state index < -0.39 is 4.92 Å². The molecule has 0 unspecified atom stereocenters. The van der Waals surface area contributed by atoms with E-state index in [1.54, 1.807) is 12.3 Å². The molecule has 0 radical (unpaired) electrons. The molecule has 0 bridgehead atoms. The molecule has 8 nitrogen and oxygen atoms in total. The molecule has 0 fully saturated rings. The lowest BCUT2D eigenvalue weighted by Gasteiger charge is -2.05. The predicted molar refractivity (Wildman–Crippen MR) is 70.7 cm³/mol. The molecule has 1 heterocycles. The van der Waals surface area contributed by atoms with Gasteiger partial charge in [0.25, 0.3) is 11.6 Å². The highest BCUT2D eigenvalue weighted by molar-refractivity contribution is 5.95. The van der Waals surface area contributed by atoms with E-state index in [9.17, 15) is 14.9 Å². The van der Waals surface area contributed by atoms with Crippen LogP contribution in [0, 0.1) is 10.1 Å². The van der Waals surface area contributed by atoms with Crippen molar-refractivity contribution in [3.05, 3.63) is 58.2 Å². The van der Waals surface area contributed by atoms with Crippen LogP contribution in [-0.4, -0.2) is 20.8 Å². The second-order valence-electron chi connectivity index (χ2n) is 3.91. The number of benzene rings is 1. The first kappa shape index (κ1) is 13.4. The van der Waals surface area contributed by atoms with Gasteiger partial charge in [-0.3, -0.25) is 14.9 Å². The molecule has 8 heteroatoms. The first-order valence-electron chi connectivity index (χ1n) is 5.65. The number of nitro groups is 1. The first-order chi connectivity index (χ1) is 9.58. The Morgan fingerprint density at radius 3 is 2.80 bits per heavy atom. The number of rotatable bonds is 4. The number of carbonyl (C=O) groups is 1. The van der Waals surface area contributed by atoms with Gasteiger partial charge in [-0.25, -0.2) is 9.97 Å². The van der Waals surface area contributed by atoms with Crippen molar-refractivity contribution < 1.29 is 9.72 Å². The van der Waals surface area contributed by atoms with Crippen LogP contribution in [-0.2, 0) is 6.54 Å². The Hall–Kier alpha value is -3.03. The molecule has 0 spiro atoms. The quantitative estimate of drug-likeness (QED) is 0.484. The van der Waals surface area contributed by atoms with Gasteiger partial charge in [0.2, 0.25) is 0 Å². The molecule has 0 aliphatic heterocycles.